The lowest BCUT2D eigenvalue weighted by atomic mass is 10.1. The zero-order valence-corrected chi connectivity index (χ0v) is 21.6. The van der Waals surface area contributed by atoms with E-state index in [1.165, 1.54) is 24.4 Å². The van der Waals surface area contributed by atoms with Crippen molar-refractivity contribution >= 4 is 52.9 Å². The maximum Gasteiger partial charge on any atom is 0.343 e. The zero-order chi connectivity index (χ0) is 27.1. The number of amides is 2. The molecule has 0 atom stereocenters. The number of hydrogen-bond donors (Lipinski definition) is 2. The van der Waals surface area contributed by atoms with Crippen molar-refractivity contribution in [2.45, 2.75) is 6.92 Å². The molecule has 0 spiro atoms. The van der Waals surface area contributed by atoms with E-state index in [1.54, 1.807) is 66.7 Å². The molecule has 4 aromatic carbocycles. The SMILES string of the molecule is Cc1cccc(C(=O)Oc2ccccc2C=NNC(=O)c2cccc(NC(=O)c3ccc(Cl)cc3Cl)c2)c1. The Morgan fingerprint density at radius 2 is 1.58 bits per heavy atom. The predicted molar refractivity (Wildman–Crippen MR) is 148 cm³/mol. The molecule has 2 amide bonds. The summed E-state index contributed by atoms with van der Waals surface area (Å²) >= 11 is 12.0. The van der Waals surface area contributed by atoms with Gasteiger partial charge in [-0.3, -0.25) is 9.59 Å². The Morgan fingerprint density at radius 1 is 0.816 bits per heavy atom. The number of rotatable bonds is 7. The van der Waals surface area contributed by atoms with E-state index >= 15 is 0 Å². The molecule has 9 heteroatoms. The number of anilines is 1. The van der Waals surface area contributed by atoms with E-state index in [1.807, 2.05) is 13.0 Å². The minimum absolute atomic E-state index is 0.211. The summed E-state index contributed by atoms with van der Waals surface area (Å²) in [5.41, 5.74) is 5.20. The van der Waals surface area contributed by atoms with Crippen LogP contribution in [0.15, 0.2) is 96.1 Å². The molecule has 0 aromatic heterocycles. The fourth-order valence-electron chi connectivity index (χ4n) is 3.45. The van der Waals surface area contributed by atoms with E-state index in [4.69, 9.17) is 27.9 Å². The number of benzene rings is 4. The van der Waals surface area contributed by atoms with E-state index in [0.29, 0.717) is 27.6 Å². The van der Waals surface area contributed by atoms with Crippen LogP contribution in [0, 0.1) is 6.92 Å². The standard InChI is InChI=1S/C29H21Cl2N3O4/c1-18-6-4-9-20(14-18)29(37)38-26-11-3-2-7-21(26)17-32-34-27(35)19-8-5-10-23(15-19)33-28(36)24-13-12-22(30)16-25(24)31/h2-17H,1H3,(H,33,36)(H,34,35). The van der Waals surface area contributed by atoms with E-state index in [0.717, 1.165) is 5.56 Å². The van der Waals surface area contributed by atoms with Crippen molar-refractivity contribution in [3.8, 4) is 5.75 Å². The number of hydrogen-bond acceptors (Lipinski definition) is 5. The first kappa shape index (κ1) is 26.6. The molecular weight excluding hydrogens is 525 g/mol. The van der Waals surface area contributed by atoms with Gasteiger partial charge in [-0.15, -0.1) is 0 Å². The number of nitrogens with zero attached hydrogens (tertiary/aromatic N) is 1. The Labute approximate surface area is 229 Å². The van der Waals surface area contributed by atoms with Crippen molar-refractivity contribution in [3.63, 3.8) is 0 Å². The molecule has 4 rings (SSSR count). The number of ether oxygens (including phenoxy) is 1. The van der Waals surface area contributed by atoms with Gasteiger partial charge in [-0.25, -0.2) is 10.2 Å². The molecule has 0 radical (unpaired) electrons. The van der Waals surface area contributed by atoms with Crippen LogP contribution in [0.25, 0.3) is 0 Å². The minimum Gasteiger partial charge on any atom is -0.422 e. The minimum atomic E-state index is -0.504. The molecule has 0 aliphatic rings. The Kier molecular flexibility index (Phi) is 8.53. The molecule has 0 heterocycles. The molecule has 4 aromatic rings. The van der Waals surface area contributed by atoms with Crippen LogP contribution in [0.2, 0.25) is 10.0 Å². The number of carbonyl (C=O) groups is 3. The van der Waals surface area contributed by atoms with Crippen LogP contribution in [-0.2, 0) is 0 Å². The highest BCUT2D eigenvalue weighted by Gasteiger charge is 2.13. The van der Waals surface area contributed by atoms with Crippen LogP contribution in [0.4, 0.5) is 5.69 Å². The lowest BCUT2D eigenvalue weighted by molar-refractivity contribution is 0.0733. The first-order valence-electron chi connectivity index (χ1n) is 11.4. The molecule has 2 N–H and O–H groups in total. The summed E-state index contributed by atoms with van der Waals surface area (Å²) in [7, 11) is 0. The van der Waals surface area contributed by atoms with Crippen LogP contribution < -0.4 is 15.5 Å². The fraction of sp³-hybridized carbons (Fsp3) is 0.0345. The topological polar surface area (TPSA) is 96.9 Å². The van der Waals surface area contributed by atoms with E-state index in [-0.39, 0.29) is 16.1 Å². The van der Waals surface area contributed by atoms with Gasteiger partial charge in [0, 0.05) is 21.8 Å². The fourth-order valence-corrected chi connectivity index (χ4v) is 3.94. The third kappa shape index (κ3) is 6.85. The number of nitrogens with one attached hydrogen (secondary N) is 2. The van der Waals surface area contributed by atoms with Crippen molar-refractivity contribution in [1.29, 1.82) is 0 Å². The first-order chi connectivity index (χ1) is 18.3. The van der Waals surface area contributed by atoms with Gasteiger partial charge < -0.3 is 10.1 Å². The molecule has 0 saturated carbocycles. The van der Waals surface area contributed by atoms with Crippen LogP contribution >= 0.6 is 23.2 Å². The van der Waals surface area contributed by atoms with E-state index < -0.39 is 17.8 Å². The monoisotopic (exact) mass is 545 g/mol. The molecule has 7 nitrogen and oxygen atoms in total. The van der Waals surface area contributed by atoms with Crippen LogP contribution in [0.3, 0.4) is 0 Å². The van der Waals surface area contributed by atoms with Crippen molar-refractivity contribution in [2.24, 2.45) is 5.10 Å². The van der Waals surface area contributed by atoms with Crippen molar-refractivity contribution in [2.75, 3.05) is 5.32 Å². The van der Waals surface area contributed by atoms with Crippen molar-refractivity contribution in [1.82, 2.24) is 5.43 Å². The van der Waals surface area contributed by atoms with Gasteiger partial charge >= 0.3 is 5.97 Å². The Hall–Kier alpha value is -4.46. The molecule has 190 valence electrons. The van der Waals surface area contributed by atoms with Gasteiger partial charge in [0.05, 0.1) is 22.4 Å². The highest BCUT2D eigenvalue weighted by atomic mass is 35.5. The Balaban J connectivity index is 1.41. The second kappa shape index (κ2) is 12.2. The average molecular weight is 546 g/mol. The molecule has 0 unspecified atom stereocenters. The summed E-state index contributed by atoms with van der Waals surface area (Å²) in [6.45, 7) is 1.89. The lowest BCUT2D eigenvalue weighted by Gasteiger charge is -2.09. The maximum absolute atomic E-state index is 12.7. The summed E-state index contributed by atoms with van der Waals surface area (Å²) in [4.78, 5) is 37.8. The molecule has 0 bridgehead atoms. The van der Waals surface area contributed by atoms with Gasteiger partial charge in [0.15, 0.2) is 0 Å². The van der Waals surface area contributed by atoms with Crippen LogP contribution in [0.5, 0.6) is 5.75 Å². The summed E-state index contributed by atoms with van der Waals surface area (Å²) in [5.74, 6) is -1.16. The summed E-state index contributed by atoms with van der Waals surface area (Å²) in [6.07, 6.45) is 1.38. The van der Waals surface area contributed by atoms with Gasteiger partial charge in [0.2, 0.25) is 0 Å². The third-order valence-electron chi connectivity index (χ3n) is 5.30. The molecule has 0 fully saturated rings. The lowest BCUT2D eigenvalue weighted by Crippen LogP contribution is -2.18. The number of aryl methyl sites for hydroxylation is 1. The Morgan fingerprint density at radius 3 is 2.37 bits per heavy atom. The molecule has 0 saturated heterocycles. The second-order valence-corrected chi connectivity index (χ2v) is 9.00. The van der Waals surface area contributed by atoms with Gasteiger partial charge in [0.25, 0.3) is 11.8 Å². The van der Waals surface area contributed by atoms with Gasteiger partial charge in [-0.1, -0.05) is 59.1 Å². The first-order valence-corrected chi connectivity index (χ1v) is 12.1. The summed E-state index contributed by atoms with van der Waals surface area (Å²) < 4.78 is 5.53. The number of halogens is 2. The van der Waals surface area contributed by atoms with Crippen LogP contribution in [0.1, 0.15) is 42.2 Å². The third-order valence-corrected chi connectivity index (χ3v) is 5.85. The number of esters is 1. The molecule has 0 aliphatic carbocycles. The van der Waals surface area contributed by atoms with Gasteiger partial charge in [-0.05, 0) is 67.6 Å². The molecule has 0 aliphatic heterocycles. The van der Waals surface area contributed by atoms with Crippen molar-refractivity contribution in [3.05, 3.63) is 129 Å². The highest BCUT2D eigenvalue weighted by Crippen LogP contribution is 2.22. The normalized spacial score (nSPS) is 10.7. The summed E-state index contributed by atoms with van der Waals surface area (Å²) in [5, 5.41) is 7.33. The second-order valence-electron chi connectivity index (χ2n) is 8.16. The molecular formula is C29H21Cl2N3O4. The van der Waals surface area contributed by atoms with Gasteiger partial charge in [0.1, 0.15) is 5.75 Å². The quantitative estimate of drug-likeness (QED) is 0.119. The average Bonchev–Trinajstić information content (AvgIpc) is 2.89. The number of carbonyl (C=O) groups excluding carboxylic acids is 3. The maximum atomic E-state index is 12.7. The van der Waals surface area contributed by atoms with Crippen molar-refractivity contribution < 1.29 is 19.1 Å². The predicted octanol–water partition coefficient (Wildman–Crippen LogP) is 6.54. The largest absolute Gasteiger partial charge is 0.422 e. The zero-order valence-electron chi connectivity index (χ0n) is 20.1. The van der Waals surface area contributed by atoms with Crippen LogP contribution in [-0.4, -0.2) is 24.0 Å². The van der Waals surface area contributed by atoms with Gasteiger partial charge in [-0.2, -0.15) is 5.10 Å². The Bertz CT molecular complexity index is 1550. The van der Waals surface area contributed by atoms with E-state index in [2.05, 4.69) is 15.8 Å². The molecule has 38 heavy (non-hydrogen) atoms. The number of hydrazone groups is 1. The van der Waals surface area contributed by atoms with E-state index in [9.17, 15) is 14.4 Å². The number of para-hydroxylation sites is 1. The smallest absolute Gasteiger partial charge is 0.343 e. The summed E-state index contributed by atoms with van der Waals surface area (Å²) in [6, 6.07) is 24.8. The highest BCUT2D eigenvalue weighted by molar-refractivity contribution is 6.37.